The Morgan fingerprint density at radius 3 is 2.45 bits per heavy atom. The van der Waals surface area contributed by atoms with Crippen LogP contribution < -0.4 is 5.19 Å². The Balaban J connectivity index is 1.89. The van der Waals surface area contributed by atoms with Crippen LogP contribution in [0.2, 0.25) is 12.6 Å². The number of hydrogen-bond acceptors (Lipinski definition) is 1. The molecule has 2 bridgehead atoms. The minimum absolute atomic E-state index is 0.335. The van der Waals surface area contributed by atoms with Crippen molar-refractivity contribution in [2.24, 2.45) is 16.7 Å². The molecule has 2 aliphatic rings. The summed E-state index contributed by atoms with van der Waals surface area (Å²) in [5, 5.41) is 1.40. The topological polar surface area (TPSA) is 9.23 Å². The average Bonchev–Trinajstić information content (AvgIpc) is 2.82. The Bertz CT molecular complexity index is 552. The van der Waals surface area contributed by atoms with Crippen LogP contribution in [0.25, 0.3) is 0 Å². The van der Waals surface area contributed by atoms with Gasteiger partial charge in [0.1, 0.15) is 0 Å². The highest BCUT2D eigenvalue weighted by atomic mass is 28.4. The van der Waals surface area contributed by atoms with Gasteiger partial charge in [-0.2, -0.15) is 0 Å². The molecule has 0 spiro atoms. The molecule has 0 saturated heterocycles. The molecule has 2 fully saturated rings. The van der Waals surface area contributed by atoms with Crippen LogP contribution in [0.4, 0.5) is 0 Å². The molecule has 1 aromatic rings. The highest BCUT2D eigenvalue weighted by molar-refractivity contribution is 6.85. The molecular weight excluding hydrogens is 284 g/mol. The van der Waals surface area contributed by atoms with E-state index in [2.05, 4.69) is 70.3 Å². The van der Waals surface area contributed by atoms with Crippen LogP contribution in [0.1, 0.15) is 40.0 Å². The third-order valence-corrected chi connectivity index (χ3v) is 10.5. The largest absolute Gasteiger partial charge is 0.409 e. The summed E-state index contributed by atoms with van der Waals surface area (Å²) in [6.07, 6.45) is 6.42. The zero-order valence-electron chi connectivity index (χ0n) is 14.6. The summed E-state index contributed by atoms with van der Waals surface area (Å²) >= 11 is 0. The van der Waals surface area contributed by atoms with Crippen molar-refractivity contribution < 1.29 is 4.43 Å². The van der Waals surface area contributed by atoms with Gasteiger partial charge in [-0.1, -0.05) is 57.2 Å². The summed E-state index contributed by atoms with van der Waals surface area (Å²) in [4.78, 5) is 0. The van der Waals surface area contributed by atoms with Gasteiger partial charge in [-0.25, -0.2) is 0 Å². The molecule has 4 unspecified atom stereocenters. The second-order valence-electron chi connectivity index (χ2n) is 8.31. The van der Waals surface area contributed by atoms with E-state index in [1.165, 1.54) is 24.4 Å². The maximum Gasteiger partial charge on any atom is 0.225 e. The zero-order valence-corrected chi connectivity index (χ0v) is 15.6. The predicted octanol–water partition coefficient (Wildman–Crippen LogP) is 4.89. The van der Waals surface area contributed by atoms with E-state index in [0.717, 1.165) is 12.0 Å². The Morgan fingerprint density at radius 1 is 1.27 bits per heavy atom. The summed E-state index contributed by atoms with van der Waals surface area (Å²) in [6, 6.07) is 11.9. The fourth-order valence-corrected chi connectivity index (χ4v) is 7.82. The maximum absolute atomic E-state index is 6.97. The van der Waals surface area contributed by atoms with Crippen molar-refractivity contribution in [2.75, 3.05) is 0 Å². The first-order valence-corrected chi connectivity index (χ1v) is 11.3. The first-order chi connectivity index (χ1) is 10.3. The van der Waals surface area contributed by atoms with E-state index in [0.29, 0.717) is 16.9 Å². The van der Waals surface area contributed by atoms with Crippen LogP contribution >= 0.6 is 0 Å². The summed E-state index contributed by atoms with van der Waals surface area (Å²) < 4.78 is 6.97. The molecule has 3 rings (SSSR count). The summed E-state index contributed by atoms with van der Waals surface area (Å²) in [6.45, 7) is 13.8. The van der Waals surface area contributed by atoms with Gasteiger partial charge in [-0.15, -0.1) is 6.58 Å². The van der Waals surface area contributed by atoms with Crippen molar-refractivity contribution in [3.8, 4) is 0 Å². The molecule has 120 valence electrons. The van der Waals surface area contributed by atoms with E-state index in [1.807, 2.05) is 0 Å². The van der Waals surface area contributed by atoms with E-state index in [4.69, 9.17) is 4.43 Å². The summed E-state index contributed by atoms with van der Waals surface area (Å²) in [5.41, 5.74) is 0.750. The van der Waals surface area contributed by atoms with Crippen molar-refractivity contribution in [1.29, 1.82) is 0 Å². The van der Waals surface area contributed by atoms with Gasteiger partial charge in [0.05, 0.1) is 6.10 Å². The third kappa shape index (κ3) is 2.23. The third-order valence-electron chi connectivity index (χ3n) is 7.03. The standard InChI is InChI=1S/C20H30OSi/c1-6-14-22(5,17-10-8-7-9-11-17)21-18-15-16-12-13-20(18,4)19(16,2)3/h6-11,16,18H,1,12-15H2,2-5H3. The molecule has 0 radical (unpaired) electrons. The Hall–Kier alpha value is -0.863. The molecule has 2 saturated carbocycles. The normalized spacial score (nSPS) is 35.3. The van der Waals surface area contributed by atoms with Crippen LogP contribution in [0.5, 0.6) is 0 Å². The van der Waals surface area contributed by atoms with Gasteiger partial charge in [0, 0.05) is 0 Å². The molecule has 22 heavy (non-hydrogen) atoms. The van der Waals surface area contributed by atoms with E-state index in [1.54, 1.807) is 0 Å². The van der Waals surface area contributed by atoms with Crippen LogP contribution in [-0.4, -0.2) is 14.4 Å². The van der Waals surface area contributed by atoms with E-state index >= 15 is 0 Å². The highest BCUT2D eigenvalue weighted by Crippen LogP contribution is 2.66. The van der Waals surface area contributed by atoms with E-state index < -0.39 is 8.32 Å². The smallest absolute Gasteiger partial charge is 0.225 e. The second-order valence-corrected chi connectivity index (χ2v) is 12.0. The minimum atomic E-state index is -1.96. The lowest BCUT2D eigenvalue weighted by atomic mass is 9.70. The predicted molar refractivity (Wildman–Crippen MR) is 96.8 cm³/mol. The molecule has 4 atom stereocenters. The molecule has 0 N–H and O–H groups in total. The van der Waals surface area contributed by atoms with Crippen molar-refractivity contribution in [1.82, 2.24) is 0 Å². The number of rotatable bonds is 5. The van der Waals surface area contributed by atoms with Crippen molar-refractivity contribution in [2.45, 2.75) is 58.7 Å². The van der Waals surface area contributed by atoms with Crippen molar-refractivity contribution in [3.05, 3.63) is 43.0 Å². The quantitative estimate of drug-likeness (QED) is 0.555. The van der Waals surface area contributed by atoms with Crippen molar-refractivity contribution >= 4 is 13.5 Å². The lowest BCUT2D eigenvalue weighted by molar-refractivity contribution is 0.0257. The zero-order chi connectivity index (χ0) is 16.0. The van der Waals surface area contributed by atoms with Gasteiger partial charge < -0.3 is 4.43 Å². The Labute approximate surface area is 136 Å². The molecule has 0 aliphatic heterocycles. The Morgan fingerprint density at radius 2 is 1.95 bits per heavy atom. The SMILES string of the molecule is C=CC[Si](C)(OC1CC2CCC1(C)C2(C)C)c1ccccc1. The minimum Gasteiger partial charge on any atom is -0.409 e. The van der Waals surface area contributed by atoms with Crippen LogP contribution in [0.15, 0.2) is 43.0 Å². The van der Waals surface area contributed by atoms with Gasteiger partial charge >= 0.3 is 0 Å². The molecule has 0 aromatic heterocycles. The molecule has 2 heteroatoms. The molecule has 0 heterocycles. The number of benzene rings is 1. The number of allylic oxidation sites excluding steroid dienone is 1. The lowest BCUT2D eigenvalue weighted by Gasteiger charge is -2.43. The van der Waals surface area contributed by atoms with Gasteiger partial charge in [-0.3, -0.25) is 0 Å². The Kier molecular flexibility index (Phi) is 3.89. The summed E-state index contributed by atoms with van der Waals surface area (Å²) in [7, 11) is -1.96. The maximum atomic E-state index is 6.97. The van der Waals surface area contributed by atoms with Crippen LogP contribution in [0.3, 0.4) is 0 Å². The molecule has 1 nitrogen and oxygen atoms in total. The molecule has 1 aromatic carbocycles. The van der Waals surface area contributed by atoms with Gasteiger partial charge in [0.25, 0.3) is 0 Å². The first kappa shape index (κ1) is 16.0. The molecular formula is C20H30OSi. The fourth-order valence-electron chi connectivity index (χ4n) is 4.92. The van der Waals surface area contributed by atoms with Crippen LogP contribution in [-0.2, 0) is 4.43 Å². The van der Waals surface area contributed by atoms with Gasteiger partial charge in [0.2, 0.25) is 8.32 Å². The molecule has 0 amide bonds. The lowest BCUT2D eigenvalue weighted by Crippen LogP contribution is -2.53. The molecule has 2 aliphatic carbocycles. The average molecular weight is 315 g/mol. The van der Waals surface area contributed by atoms with E-state index in [-0.39, 0.29) is 0 Å². The number of fused-ring (bicyclic) bond motifs is 2. The fraction of sp³-hybridized carbons (Fsp3) is 0.600. The van der Waals surface area contributed by atoms with Gasteiger partial charge in [-0.05, 0) is 53.8 Å². The summed E-state index contributed by atoms with van der Waals surface area (Å²) in [5.74, 6) is 0.834. The second kappa shape index (κ2) is 5.35. The van der Waals surface area contributed by atoms with Crippen molar-refractivity contribution in [3.63, 3.8) is 0 Å². The first-order valence-electron chi connectivity index (χ1n) is 8.68. The number of hydrogen-bond donors (Lipinski definition) is 0. The van der Waals surface area contributed by atoms with Gasteiger partial charge in [0.15, 0.2) is 0 Å². The highest BCUT2D eigenvalue weighted by Gasteiger charge is 2.62. The van der Waals surface area contributed by atoms with E-state index in [9.17, 15) is 0 Å². The van der Waals surface area contributed by atoms with Crippen LogP contribution in [0, 0.1) is 16.7 Å². The monoisotopic (exact) mass is 314 g/mol.